The first-order valence-corrected chi connectivity index (χ1v) is 9.89. The van der Waals surface area contributed by atoms with E-state index in [0.717, 1.165) is 23.1 Å². The third-order valence-corrected chi connectivity index (χ3v) is 4.45. The average Bonchev–Trinajstić information content (AvgIpc) is 3.17. The van der Waals surface area contributed by atoms with Gasteiger partial charge >= 0.3 is 0 Å². The van der Waals surface area contributed by atoms with Crippen LogP contribution in [0.2, 0.25) is 0 Å². The molecule has 2 aromatic carbocycles. The van der Waals surface area contributed by atoms with Crippen molar-refractivity contribution < 1.29 is 18.7 Å². The number of ether oxygens (including phenoxy) is 1. The van der Waals surface area contributed by atoms with E-state index in [1.54, 1.807) is 24.3 Å². The van der Waals surface area contributed by atoms with Crippen molar-refractivity contribution in [1.82, 2.24) is 10.2 Å². The first kappa shape index (κ1) is 20.4. The van der Waals surface area contributed by atoms with Crippen molar-refractivity contribution in [2.75, 3.05) is 23.0 Å². The van der Waals surface area contributed by atoms with Gasteiger partial charge < -0.3 is 19.8 Å². The molecule has 1 heterocycles. The van der Waals surface area contributed by atoms with Gasteiger partial charge in [-0.15, -0.1) is 10.2 Å². The number of rotatable bonds is 8. The molecule has 0 unspecified atom stereocenters. The molecular formula is C20H20N4O4S. The Balaban J connectivity index is 1.51. The predicted molar refractivity (Wildman–Crippen MR) is 111 cm³/mol. The van der Waals surface area contributed by atoms with E-state index < -0.39 is 0 Å². The Bertz CT molecular complexity index is 971. The van der Waals surface area contributed by atoms with Gasteiger partial charge in [-0.05, 0) is 55.5 Å². The fourth-order valence-corrected chi connectivity index (χ4v) is 2.97. The fraction of sp³-hybridized carbons (Fsp3) is 0.200. The molecule has 2 amide bonds. The molecule has 150 valence electrons. The Morgan fingerprint density at radius 1 is 1.00 bits per heavy atom. The van der Waals surface area contributed by atoms with Crippen LogP contribution < -0.4 is 15.4 Å². The molecule has 0 saturated carbocycles. The van der Waals surface area contributed by atoms with Crippen LogP contribution in [0.3, 0.4) is 0 Å². The number of hydrogen-bond acceptors (Lipinski definition) is 7. The van der Waals surface area contributed by atoms with Gasteiger partial charge in [-0.2, -0.15) is 0 Å². The monoisotopic (exact) mass is 412 g/mol. The Labute approximate surface area is 172 Å². The number of nitrogens with zero attached hydrogens (tertiary/aromatic N) is 2. The number of anilines is 2. The lowest BCUT2D eigenvalue weighted by Crippen LogP contribution is -2.14. The molecule has 0 aliphatic carbocycles. The molecule has 29 heavy (non-hydrogen) atoms. The molecule has 0 fully saturated rings. The van der Waals surface area contributed by atoms with Crippen molar-refractivity contribution >= 4 is 35.0 Å². The summed E-state index contributed by atoms with van der Waals surface area (Å²) >= 11 is 1.15. The smallest absolute Gasteiger partial charge is 0.277 e. The van der Waals surface area contributed by atoms with Gasteiger partial charge in [0.25, 0.3) is 5.22 Å². The molecule has 0 spiro atoms. The van der Waals surface area contributed by atoms with E-state index in [1.807, 2.05) is 31.2 Å². The summed E-state index contributed by atoms with van der Waals surface area (Å²) in [4.78, 5) is 23.1. The minimum absolute atomic E-state index is 0.123. The van der Waals surface area contributed by atoms with Crippen LogP contribution in [-0.2, 0) is 9.59 Å². The van der Waals surface area contributed by atoms with E-state index in [9.17, 15) is 9.59 Å². The molecule has 2 N–H and O–H groups in total. The largest absolute Gasteiger partial charge is 0.494 e. The Hall–Kier alpha value is -3.33. The van der Waals surface area contributed by atoms with Crippen molar-refractivity contribution in [3.05, 3.63) is 48.5 Å². The fourth-order valence-electron chi connectivity index (χ4n) is 2.41. The molecule has 8 nitrogen and oxygen atoms in total. The minimum Gasteiger partial charge on any atom is -0.494 e. The summed E-state index contributed by atoms with van der Waals surface area (Å²) < 4.78 is 11.0. The summed E-state index contributed by atoms with van der Waals surface area (Å²) in [5.74, 6) is 0.917. The highest BCUT2D eigenvalue weighted by atomic mass is 32.2. The molecular weight excluding hydrogens is 392 g/mol. The van der Waals surface area contributed by atoms with Gasteiger partial charge in [0.05, 0.1) is 12.4 Å². The van der Waals surface area contributed by atoms with E-state index in [-0.39, 0.29) is 17.6 Å². The quantitative estimate of drug-likeness (QED) is 0.542. The van der Waals surface area contributed by atoms with Crippen LogP contribution in [-0.4, -0.2) is 34.4 Å². The molecule has 3 aromatic rings. The summed E-state index contributed by atoms with van der Waals surface area (Å²) in [6.45, 7) is 3.96. The number of nitrogens with one attached hydrogen (secondary N) is 2. The van der Waals surface area contributed by atoms with Crippen molar-refractivity contribution in [2.45, 2.75) is 19.1 Å². The molecule has 1 aromatic heterocycles. The van der Waals surface area contributed by atoms with Crippen LogP contribution in [0, 0.1) is 0 Å². The zero-order valence-electron chi connectivity index (χ0n) is 16.0. The van der Waals surface area contributed by atoms with Crippen LogP contribution in [0.25, 0.3) is 11.5 Å². The van der Waals surface area contributed by atoms with Gasteiger partial charge in [-0.25, -0.2) is 0 Å². The maximum atomic E-state index is 12.1. The zero-order chi connectivity index (χ0) is 20.6. The standard InChI is InChI=1S/C20H20N4O4S/c1-3-27-17-10-4-14(5-11-17)19-23-24-20(28-19)29-12-18(26)22-16-8-6-15(7-9-16)21-13(2)25/h4-11H,3,12H2,1-2H3,(H,21,25)(H,22,26). The normalized spacial score (nSPS) is 10.4. The minimum atomic E-state index is -0.205. The third-order valence-electron chi connectivity index (χ3n) is 3.63. The highest BCUT2D eigenvalue weighted by Crippen LogP contribution is 2.25. The van der Waals surface area contributed by atoms with E-state index in [4.69, 9.17) is 9.15 Å². The number of hydrogen-bond donors (Lipinski definition) is 2. The SMILES string of the molecule is CCOc1ccc(-c2nnc(SCC(=O)Nc3ccc(NC(C)=O)cc3)o2)cc1. The highest BCUT2D eigenvalue weighted by Gasteiger charge is 2.12. The molecule has 0 saturated heterocycles. The van der Waals surface area contributed by atoms with Gasteiger partial charge in [0, 0.05) is 23.9 Å². The summed E-state index contributed by atoms with van der Waals surface area (Å²) in [5, 5.41) is 13.7. The second kappa shape index (κ2) is 9.74. The summed E-state index contributed by atoms with van der Waals surface area (Å²) in [5.41, 5.74) is 2.07. The number of aromatic nitrogens is 2. The van der Waals surface area contributed by atoms with Crippen molar-refractivity contribution in [1.29, 1.82) is 0 Å². The summed E-state index contributed by atoms with van der Waals surface area (Å²) in [6, 6.07) is 14.2. The number of thioether (sulfide) groups is 1. The third kappa shape index (κ3) is 6.08. The first-order valence-electron chi connectivity index (χ1n) is 8.90. The van der Waals surface area contributed by atoms with Crippen molar-refractivity contribution in [3.8, 4) is 17.2 Å². The lowest BCUT2D eigenvalue weighted by Gasteiger charge is -2.06. The average molecular weight is 412 g/mol. The molecule has 0 aliphatic heterocycles. The van der Waals surface area contributed by atoms with E-state index >= 15 is 0 Å². The van der Waals surface area contributed by atoms with Crippen LogP contribution in [0.5, 0.6) is 5.75 Å². The van der Waals surface area contributed by atoms with Gasteiger partial charge in [-0.1, -0.05) is 11.8 Å². The molecule has 0 atom stereocenters. The maximum absolute atomic E-state index is 12.1. The molecule has 0 aliphatic rings. The topological polar surface area (TPSA) is 106 Å². The van der Waals surface area contributed by atoms with Gasteiger partial charge in [-0.3, -0.25) is 9.59 Å². The second-order valence-corrected chi connectivity index (χ2v) is 6.85. The number of carbonyl (C=O) groups excluding carboxylic acids is 2. The zero-order valence-corrected chi connectivity index (χ0v) is 16.8. The number of benzene rings is 2. The van der Waals surface area contributed by atoms with Gasteiger partial charge in [0.1, 0.15) is 5.75 Å². The Kier molecular flexibility index (Phi) is 6.85. The molecule has 9 heteroatoms. The number of amides is 2. The second-order valence-electron chi connectivity index (χ2n) is 5.93. The summed E-state index contributed by atoms with van der Waals surface area (Å²) in [6.07, 6.45) is 0. The van der Waals surface area contributed by atoms with E-state index in [1.165, 1.54) is 6.92 Å². The molecule has 3 rings (SSSR count). The molecule has 0 radical (unpaired) electrons. The first-order chi connectivity index (χ1) is 14.0. The Morgan fingerprint density at radius 2 is 1.66 bits per heavy atom. The van der Waals surface area contributed by atoms with Crippen molar-refractivity contribution in [2.24, 2.45) is 0 Å². The van der Waals surface area contributed by atoms with Crippen LogP contribution in [0.1, 0.15) is 13.8 Å². The lowest BCUT2D eigenvalue weighted by molar-refractivity contribution is -0.114. The van der Waals surface area contributed by atoms with Gasteiger partial charge in [0.2, 0.25) is 17.7 Å². The van der Waals surface area contributed by atoms with Crippen LogP contribution in [0.15, 0.2) is 58.2 Å². The van der Waals surface area contributed by atoms with Crippen LogP contribution >= 0.6 is 11.8 Å². The Morgan fingerprint density at radius 3 is 2.28 bits per heavy atom. The van der Waals surface area contributed by atoms with Crippen molar-refractivity contribution in [3.63, 3.8) is 0 Å². The lowest BCUT2D eigenvalue weighted by atomic mass is 10.2. The summed E-state index contributed by atoms with van der Waals surface area (Å²) in [7, 11) is 0. The molecule has 0 bridgehead atoms. The van der Waals surface area contributed by atoms with Gasteiger partial charge in [0.15, 0.2) is 0 Å². The van der Waals surface area contributed by atoms with Crippen LogP contribution in [0.4, 0.5) is 11.4 Å². The highest BCUT2D eigenvalue weighted by molar-refractivity contribution is 7.99. The van der Waals surface area contributed by atoms with E-state index in [0.29, 0.717) is 29.1 Å². The predicted octanol–water partition coefficient (Wildman–Crippen LogP) is 3.82. The van der Waals surface area contributed by atoms with E-state index in [2.05, 4.69) is 20.8 Å². The number of carbonyl (C=O) groups is 2. The maximum Gasteiger partial charge on any atom is 0.277 e.